The Morgan fingerprint density at radius 1 is 1.04 bits per heavy atom. The highest BCUT2D eigenvalue weighted by Crippen LogP contribution is 2.31. The van der Waals surface area contributed by atoms with Crippen molar-refractivity contribution in [2.75, 3.05) is 12.3 Å². The molecule has 0 heterocycles. The summed E-state index contributed by atoms with van der Waals surface area (Å²) in [5.41, 5.74) is 2.29. The summed E-state index contributed by atoms with van der Waals surface area (Å²) >= 11 is 1.84. The van der Waals surface area contributed by atoms with Crippen molar-refractivity contribution in [2.24, 2.45) is 0 Å². The average Bonchev–Trinajstić information content (AvgIpc) is 2.55. The highest BCUT2D eigenvalue weighted by molar-refractivity contribution is 7.99. The van der Waals surface area contributed by atoms with Gasteiger partial charge in [0.15, 0.2) is 0 Å². The van der Waals surface area contributed by atoms with Gasteiger partial charge in [0.05, 0.1) is 4.90 Å². The highest BCUT2D eigenvalue weighted by atomic mass is 32.2. The normalized spacial score (nSPS) is 13.0. The third-order valence-electron chi connectivity index (χ3n) is 3.57. The van der Waals surface area contributed by atoms with Crippen LogP contribution in [0.25, 0.3) is 0 Å². The van der Waals surface area contributed by atoms with Crippen molar-refractivity contribution in [1.82, 2.24) is 4.72 Å². The lowest BCUT2D eigenvalue weighted by Gasteiger charge is -2.16. The van der Waals surface area contributed by atoms with E-state index >= 15 is 0 Å². The Balaban J connectivity index is 1.97. The molecule has 2 rings (SSSR count). The predicted octanol–water partition coefficient (Wildman–Crippen LogP) is 4.16. The fraction of sp³-hybridized carbons (Fsp3) is 0.333. The fourth-order valence-corrected chi connectivity index (χ4v) is 4.42. The minimum atomic E-state index is -3.43. The van der Waals surface area contributed by atoms with Crippen LogP contribution in [-0.4, -0.2) is 20.7 Å². The van der Waals surface area contributed by atoms with Crippen molar-refractivity contribution in [3.8, 4) is 0 Å². The Hall–Kier alpha value is -1.30. The molecule has 0 saturated heterocycles. The molecule has 5 heteroatoms. The summed E-state index contributed by atoms with van der Waals surface area (Å²) in [5, 5.41) is 0.307. The molecule has 2 aromatic rings. The first kappa shape index (κ1) is 18.0. The van der Waals surface area contributed by atoms with E-state index in [0.29, 0.717) is 16.7 Å². The van der Waals surface area contributed by atoms with Crippen LogP contribution >= 0.6 is 11.8 Å². The van der Waals surface area contributed by atoms with Gasteiger partial charge in [-0.05, 0) is 36.8 Å². The molecular formula is C18H23NO2S2. The number of nitrogens with one attached hydrogen (secondary N) is 1. The maximum Gasteiger partial charge on any atom is 0.240 e. The molecule has 0 aliphatic heterocycles. The van der Waals surface area contributed by atoms with Gasteiger partial charge in [0.2, 0.25) is 10.0 Å². The van der Waals surface area contributed by atoms with Gasteiger partial charge >= 0.3 is 0 Å². The number of rotatable bonds is 8. The molecule has 0 spiro atoms. The molecule has 0 amide bonds. The molecule has 23 heavy (non-hydrogen) atoms. The lowest BCUT2D eigenvalue weighted by molar-refractivity contribution is 0.578. The van der Waals surface area contributed by atoms with E-state index in [1.54, 1.807) is 12.1 Å². The van der Waals surface area contributed by atoms with Gasteiger partial charge < -0.3 is 0 Å². The average molecular weight is 350 g/mol. The van der Waals surface area contributed by atoms with Crippen LogP contribution in [-0.2, 0) is 10.0 Å². The molecule has 0 radical (unpaired) electrons. The fourth-order valence-electron chi connectivity index (χ4n) is 2.34. The van der Waals surface area contributed by atoms with Crippen LogP contribution in [0.2, 0.25) is 0 Å². The first-order chi connectivity index (χ1) is 11.0. The van der Waals surface area contributed by atoms with Crippen LogP contribution in [0.5, 0.6) is 0 Å². The predicted molar refractivity (Wildman–Crippen MR) is 98.3 cm³/mol. The van der Waals surface area contributed by atoms with Crippen LogP contribution in [0.15, 0.2) is 59.5 Å². The molecule has 2 aromatic carbocycles. The topological polar surface area (TPSA) is 46.2 Å². The van der Waals surface area contributed by atoms with Crippen molar-refractivity contribution < 1.29 is 8.42 Å². The Morgan fingerprint density at radius 2 is 1.70 bits per heavy atom. The Labute approximate surface area is 143 Å². The Morgan fingerprint density at radius 3 is 2.30 bits per heavy atom. The second kappa shape index (κ2) is 8.52. The van der Waals surface area contributed by atoms with Crippen molar-refractivity contribution in [3.63, 3.8) is 0 Å². The van der Waals surface area contributed by atoms with Crippen molar-refractivity contribution in [1.29, 1.82) is 0 Å². The molecule has 0 fully saturated rings. The first-order valence-corrected chi connectivity index (χ1v) is 10.3. The van der Waals surface area contributed by atoms with E-state index in [-0.39, 0.29) is 0 Å². The minimum Gasteiger partial charge on any atom is -0.211 e. The summed E-state index contributed by atoms with van der Waals surface area (Å²) in [6.07, 6.45) is 0.771. The van der Waals surface area contributed by atoms with E-state index in [2.05, 4.69) is 23.8 Å². The number of thioether (sulfide) groups is 1. The monoisotopic (exact) mass is 349 g/mol. The van der Waals surface area contributed by atoms with Gasteiger partial charge in [-0.3, -0.25) is 0 Å². The second-order valence-electron chi connectivity index (χ2n) is 5.35. The molecule has 0 saturated carbocycles. The number of aryl methyl sites for hydroxylation is 1. The summed E-state index contributed by atoms with van der Waals surface area (Å²) in [7, 11) is -3.43. The molecule has 0 aromatic heterocycles. The molecule has 3 nitrogen and oxygen atoms in total. The number of sulfonamides is 1. The molecule has 0 bridgehead atoms. The van der Waals surface area contributed by atoms with Crippen molar-refractivity contribution in [2.45, 2.75) is 30.4 Å². The summed E-state index contributed by atoms with van der Waals surface area (Å²) in [6.45, 7) is 4.50. The minimum absolute atomic E-state index is 0.307. The van der Waals surface area contributed by atoms with Crippen LogP contribution in [0.1, 0.15) is 29.7 Å². The van der Waals surface area contributed by atoms with Crippen LogP contribution < -0.4 is 4.72 Å². The molecule has 1 atom stereocenters. The van der Waals surface area contributed by atoms with Crippen molar-refractivity contribution >= 4 is 21.8 Å². The van der Waals surface area contributed by atoms with Gasteiger partial charge in [0.25, 0.3) is 0 Å². The van der Waals surface area contributed by atoms with Crippen LogP contribution in [0.3, 0.4) is 0 Å². The highest BCUT2D eigenvalue weighted by Gasteiger charge is 2.16. The largest absolute Gasteiger partial charge is 0.240 e. The third kappa shape index (κ3) is 5.37. The third-order valence-corrected chi connectivity index (χ3v) is 6.29. The summed E-state index contributed by atoms with van der Waals surface area (Å²) in [5.74, 6) is 1.00. The smallest absolute Gasteiger partial charge is 0.211 e. The standard InChI is InChI=1S/C18H23NO2S2/c1-3-22-18(16-7-5-4-6-8-16)13-14-19-23(20,21)17-11-9-15(2)10-12-17/h4-12,18-19H,3,13-14H2,1-2H3. The van der Waals surface area contributed by atoms with E-state index in [0.717, 1.165) is 17.7 Å². The maximum atomic E-state index is 12.3. The number of benzene rings is 2. The molecule has 0 aliphatic rings. The molecular weight excluding hydrogens is 326 g/mol. The quantitative estimate of drug-likeness (QED) is 0.778. The molecule has 124 valence electrons. The van der Waals surface area contributed by atoms with E-state index in [1.807, 2.05) is 49.0 Å². The zero-order valence-electron chi connectivity index (χ0n) is 13.5. The summed E-state index contributed by atoms with van der Waals surface area (Å²) in [4.78, 5) is 0.322. The molecule has 1 N–H and O–H groups in total. The molecule has 1 unspecified atom stereocenters. The number of hydrogen-bond acceptors (Lipinski definition) is 3. The zero-order chi connectivity index (χ0) is 16.7. The maximum absolute atomic E-state index is 12.3. The van der Waals surface area contributed by atoms with Gasteiger partial charge in [-0.2, -0.15) is 11.8 Å². The van der Waals surface area contributed by atoms with Crippen LogP contribution in [0.4, 0.5) is 0 Å². The Bertz CT molecular complexity index is 698. The number of hydrogen-bond donors (Lipinski definition) is 1. The van der Waals surface area contributed by atoms with E-state index in [9.17, 15) is 8.42 Å². The zero-order valence-corrected chi connectivity index (χ0v) is 15.2. The van der Waals surface area contributed by atoms with Gasteiger partial charge in [0, 0.05) is 11.8 Å². The van der Waals surface area contributed by atoms with Gasteiger partial charge in [-0.15, -0.1) is 0 Å². The van der Waals surface area contributed by atoms with Gasteiger partial charge in [0.1, 0.15) is 0 Å². The SMILES string of the molecule is CCSC(CCNS(=O)(=O)c1ccc(C)cc1)c1ccccc1. The van der Waals surface area contributed by atoms with Crippen molar-refractivity contribution in [3.05, 3.63) is 65.7 Å². The lowest BCUT2D eigenvalue weighted by atomic mass is 10.1. The summed E-state index contributed by atoms with van der Waals surface area (Å²) in [6, 6.07) is 17.2. The van der Waals surface area contributed by atoms with Crippen LogP contribution in [0, 0.1) is 6.92 Å². The van der Waals surface area contributed by atoms with Gasteiger partial charge in [-0.1, -0.05) is 55.0 Å². The lowest BCUT2D eigenvalue weighted by Crippen LogP contribution is -2.25. The first-order valence-electron chi connectivity index (χ1n) is 7.76. The van der Waals surface area contributed by atoms with E-state index in [1.165, 1.54) is 5.56 Å². The Kier molecular flexibility index (Phi) is 6.69. The van der Waals surface area contributed by atoms with E-state index < -0.39 is 10.0 Å². The van der Waals surface area contributed by atoms with Gasteiger partial charge in [-0.25, -0.2) is 13.1 Å². The summed E-state index contributed by atoms with van der Waals surface area (Å²) < 4.78 is 27.3. The van der Waals surface area contributed by atoms with E-state index in [4.69, 9.17) is 0 Å². The molecule has 0 aliphatic carbocycles. The second-order valence-corrected chi connectivity index (χ2v) is 8.60.